The highest BCUT2D eigenvalue weighted by molar-refractivity contribution is 6.01. The van der Waals surface area contributed by atoms with Gasteiger partial charge in [-0.1, -0.05) is 18.2 Å². The first kappa shape index (κ1) is 21.9. The van der Waals surface area contributed by atoms with Crippen LogP contribution in [0, 0.1) is 13.8 Å². The molecule has 8 nitrogen and oxygen atoms in total. The van der Waals surface area contributed by atoms with Crippen LogP contribution in [0.25, 0.3) is 5.69 Å². The summed E-state index contributed by atoms with van der Waals surface area (Å²) in [5.41, 5.74) is 4.89. The van der Waals surface area contributed by atoms with Gasteiger partial charge >= 0.3 is 0 Å². The minimum Gasteiger partial charge on any atom is -0.467 e. The molecular formula is C26H27N5O3. The number of benzene rings is 1. The standard InChI is InChI=1S/C26H27N5O3/c1-18-21(19(2)30(27-18)20-9-5-4-6-10-20)16-29(3)17-26(32)31-23(25-12-8-14-34-25)15-22(28-31)24-11-7-13-33-24/h4-14,23H,15-17H2,1-3H3. The molecule has 0 aliphatic carbocycles. The van der Waals surface area contributed by atoms with Gasteiger partial charge in [-0.3, -0.25) is 9.69 Å². The number of amides is 1. The van der Waals surface area contributed by atoms with E-state index in [1.165, 1.54) is 5.01 Å². The van der Waals surface area contributed by atoms with Gasteiger partial charge in [0.2, 0.25) is 0 Å². The zero-order valence-electron chi connectivity index (χ0n) is 19.5. The van der Waals surface area contributed by atoms with E-state index in [0.29, 0.717) is 24.5 Å². The molecule has 0 saturated carbocycles. The van der Waals surface area contributed by atoms with Gasteiger partial charge in [-0.25, -0.2) is 9.69 Å². The van der Waals surface area contributed by atoms with E-state index in [2.05, 4.69) is 12.0 Å². The Balaban J connectivity index is 1.33. The smallest absolute Gasteiger partial charge is 0.257 e. The Kier molecular flexibility index (Phi) is 5.90. The van der Waals surface area contributed by atoms with Gasteiger partial charge in [0.25, 0.3) is 5.91 Å². The third-order valence-electron chi connectivity index (χ3n) is 6.12. The molecule has 0 bridgehead atoms. The number of nitrogens with zero attached hydrogens (tertiary/aromatic N) is 5. The van der Waals surface area contributed by atoms with E-state index in [0.717, 1.165) is 28.4 Å². The highest BCUT2D eigenvalue weighted by Gasteiger charge is 2.36. The van der Waals surface area contributed by atoms with Crippen molar-refractivity contribution in [2.24, 2.45) is 5.10 Å². The fourth-order valence-corrected chi connectivity index (χ4v) is 4.39. The number of hydrogen-bond acceptors (Lipinski definition) is 6. The topological polar surface area (TPSA) is 80.0 Å². The Morgan fingerprint density at radius 1 is 1.06 bits per heavy atom. The highest BCUT2D eigenvalue weighted by atomic mass is 16.3. The molecule has 1 aromatic carbocycles. The van der Waals surface area contributed by atoms with E-state index in [9.17, 15) is 4.79 Å². The fourth-order valence-electron chi connectivity index (χ4n) is 4.39. The van der Waals surface area contributed by atoms with Gasteiger partial charge < -0.3 is 8.83 Å². The molecule has 3 aromatic heterocycles. The maximum Gasteiger partial charge on any atom is 0.257 e. The molecule has 1 aliphatic rings. The molecule has 0 radical (unpaired) electrons. The maximum absolute atomic E-state index is 13.3. The summed E-state index contributed by atoms with van der Waals surface area (Å²) in [4.78, 5) is 15.3. The van der Waals surface area contributed by atoms with Gasteiger partial charge in [0.05, 0.1) is 30.5 Å². The Morgan fingerprint density at radius 2 is 1.82 bits per heavy atom. The molecule has 0 saturated heterocycles. The van der Waals surface area contributed by atoms with Crippen LogP contribution in [-0.2, 0) is 11.3 Å². The molecule has 5 rings (SSSR count). The second-order valence-electron chi connectivity index (χ2n) is 8.57. The predicted molar refractivity (Wildman–Crippen MR) is 128 cm³/mol. The van der Waals surface area contributed by atoms with E-state index in [1.54, 1.807) is 12.5 Å². The lowest BCUT2D eigenvalue weighted by Gasteiger charge is -2.23. The molecule has 0 fully saturated rings. The number of carbonyl (C=O) groups is 1. The van der Waals surface area contributed by atoms with Crippen LogP contribution in [0.15, 0.2) is 81.1 Å². The number of carbonyl (C=O) groups excluding carboxylic acids is 1. The Morgan fingerprint density at radius 3 is 2.53 bits per heavy atom. The van der Waals surface area contributed by atoms with Crippen molar-refractivity contribution < 1.29 is 13.6 Å². The Hall–Kier alpha value is -3.91. The van der Waals surface area contributed by atoms with Crippen molar-refractivity contribution in [2.45, 2.75) is 32.9 Å². The van der Waals surface area contributed by atoms with E-state index in [1.807, 2.05) is 78.2 Å². The summed E-state index contributed by atoms with van der Waals surface area (Å²) in [6.45, 7) is 4.88. The lowest BCUT2D eigenvalue weighted by Crippen LogP contribution is -2.36. The van der Waals surface area contributed by atoms with Crippen molar-refractivity contribution in [3.05, 3.63) is 95.6 Å². The van der Waals surface area contributed by atoms with E-state index >= 15 is 0 Å². The van der Waals surface area contributed by atoms with Crippen LogP contribution in [-0.4, -0.2) is 44.9 Å². The molecule has 34 heavy (non-hydrogen) atoms. The lowest BCUT2D eigenvalue weighted by atomic mass is 10.1. The van der Waals surface area contributed by atoms with Gasteiger partial charge in [0, 0.05) is 24.2 Å². The third kappa shape index (κ3) is 4.20. The van der Waals surface area contributed by atoms with Crippen molar-refractivity contribution in [3.8, 4) is 5.69 Å². The number of para-hydroxylation sites is 1. The molecule has 0 N–H and O–H groups in total. The summed E-state index contributed by atoms with van der Waals surface area (Å²) in [5.74, 6) is 1.27. The number of hydrazone groups is 1. The first-order valence-electron chi connectivity index (χ1n) is 11.3. The number of aryl methyl sites for hydroxylation is 1. The SMILES string of the molecule is Cc1nn(-c2ccccc2)c(C)c1CN(C)CC(=O)N1N=C(c2ccco2)CC1c1ccco1. The summed E-state index contributed by atoms with van der Waals surface area (Å²) in [5, 5.41) is 10.9. The van der Waals surface area contributed by atoms with Crippen molar-refractivity contribution >= 4 is 11.6 Å². The maximum atomic E-state index is 13.3. The first-order chi connectivity index (χ1) is 16.5. The average molecular weight is 458 g/mol. The van der Waals surface area contributed by atoms with Crippen molar-refractivity contribution in [3.63, 3.8) is 0 Å². The van der Waals surface area contributed by atoms with Crippen molar-refractivity contribution in [1.82, 2.24) is 19.7 Å². The van der Waals surface area contributed by atoms with Gasteiger partial charge in [-0.2, -0.15) is 10.2 Å². The van der Waals surface area contributed by atoms with Crippen LogP contribution >= 0.6 is 0 Å². The zero-order chi connectivity index (χ0) is 23.7. The molecular weight excluding hydrogens is 430 g/mol. The Labute approximate surface area is 198 Å². The highest BCUT2D eigenvalue weighted by Crippen LogP contribution is 2.33. The second kappa shape index (κ2) is 9.15. The molecule has 1 atom stereocenters. The monoisotopic (exact) mass is 457 g/mol. The number of rotatable bonds is 7. The number of aromatic nitrogens is 2. The molecule has 1 aliphatic heterocycles. The van der Waals surface area contributed by atoms with Gasteiger partial charge in [0.15, 0.2) is 0 Å². The number of furan rings is 2. The summed E-state index contributed by atoms with van der Waals surface area (Å²) in [6, 6.07) is 17.1. The molecule has 1 amide bonds. The predicted octanol–water partition coefficient (Wildman–Crippen LogP) is 4.48. The quantitative estimate of drug-likeness (QED) is 0.409. The first-order valence-corrected chi connectivity index (χ1v) is 11.3. The summed E-state index contributed by atoms with van der Waals surface area (Å²) in [6.07, 6.45) is 3.77. The molecule has 4 heterocycles. The van der Waals surface area contributed by atoms with E-state index in [-0.39, 0.29) is 18.5 Å². The largest absolute Gasteiger partial charge is 0.467 e. The van der Waals surface area contributed by atoms with Gasteiger partial charge in [-0.15, -0.1) is 0 Å². The van der Waals surface area contributed by atoms with Crippen molar-refractivity contribution in [2.75, 3.05) is 13.6 Å². The van der Waals surface area contributed by atoms with Crippen LogP contribution < -0.4 is 0 Å². The van der Waals surface area contributed by atoms with Crippen LogP contribution in [0.5, 0.6) is 0 Å². The normalized spacial score (nSPS) is 15.8. The number of hydrogen-bond donors (Lipinski definition) is 0. The third-order valence-corrected chi connectivity index (χ3v) is 6.12. The van der Waals surface area contributed by atoms with Crippen LogP contribution in [0.1, 0.15) is 40.9 Å². The summed E-state index contributed by atoms with van der Waals surface area (Å²) in [7, 11) is 1.94. The van der Waals surface area contributed by atoms with Gasteiger partial charge in [0.1, 0.15) is 23.3 Å². The second-order valence-corrected chi connectivity index (χ2v) is 8.57. The average Bonchev–Trinajstić information content (AvgIpc) is 3.63. The molecule has 8 heteroatoms. The zero-order valence-corrected chi connectivity index (χ0v) is 19.5. The minimum atomic E-state index is -0.291. The molecule has 0 spiro atoms. The van der Waals surface area contributed by atoms with E-state index in [4.69, 9.17) is 13.9 Å². The molecule has 174 valence electrons. The Bertz CT molecular complexity index is 1290. The van der Waals surface area contributed by atoms with Gasteiger partial charge in [-0.05, 0) is 57.3 Å². The fraction of sp³-hybridized carbons (Fsp3) is 0.269. The van der Waals surface area contributed by atoms with Crippen molar-refractivity contribution in [1.29, 1.82) is 0 Å². The lowest BCUT2D eigenvalue weighted by molar-refractivity contribution is -0.134. The minimum absolute atomic E-state index is 0.101. The van der Waals surface area contributed by atoms with Crippen LogP contribution in [0.2, 0.25) is 0 Å². The molecule has 1 unspecified atom stereocenters. The summed E-state index contributed by atoms with van der Waals surface area (Å²) >= 11 is 0. The molecule has 4 aromatic rings. The number of likely N-dealkylation sites (N-methyl/N-ethyl adjacent to an activating group) is 1. The summed E-state index contributed by atoms with van der Waals surface area (Å²) < 4.78 is 13.1. The van der Waals surface area contributed by atoms with Crippen LogP contribution in [0.4, 0.5) is 0 Å². The van der Waals surface area contributed by atoms with E-state index < -0.39 is 0 Å². The van der Waals surface area contributed by atoms with Crippen LogP contribution in [0.3, 0.4) is 0 Å².